The van der Waals surface area contributed by atoms with Crippen molar-refractivity contribution in [3.05, 3.63) is 23.8 Å². The number of hydrogen-bond donors (Lipinski definition) is 1. The first-order valence-electron chi connectivity index (χ1n) is 3.64. The van der Waals surface area contributed by atoms with E-state index in [0.29, 0.717) is 13.2 Å². The van der Waals surface area contributed by atoms with Crippen molar-refractivity contribution in [2.24, 2.45) is 0 Å². The van der Waals surface area contributed by atoms with E-state index in [9.17, 15) is 8.78 Å². The topological polar surface area (TPSA) is 21.3 Å². The third-order valence-electron chi connectivity index (χ3n) is 1.71. The van der Waals surface area contributed by atoms with Gasteiger partial charge >= 0.3 is 0 Å². The summed E-state index contributed by atoms with van der Waals surface area (Å²) in [7, 11) is 0. The Hall–Kier alpha value is -1.32. The van der Waals surface area contributed by atoms with Crippen LogP contribution in [0.1, 0.15) is 0 Å². The Labute approximate surface area is 68.1 Å². The van der Waals surface area contributed by atoms with Crippen LogP contribution in [-0.4, -0.2) is 13.2 Å². The van der Waals surface area contributed by atoms with Gasteiger partial charge < -0.3 is 10.1 Å². The number of benzene rings is 1. The van der Waals surface area contributed by atoms with Crippen molar-refractivity contribution in [2.75, 3.05) is 18.5 Å². The Kier molecular flexibility index (Phi) is 1.60. The Morgan fingerprint density at radius 3 is 2.75 bits per heavy atom. The van der Waals surface area contributed by atoms with Gasteiger partial charge in [-0.2, -0.15) is 0 Å². The minimum absolute atomic E-state index is 0.0127. The van der Waals surface area contributed by atoms with Crippen molar-refractivity contribution in [2.45, 2.75) is 0 Å². The summed E-state index contributed by atoms with van der Waals surface area (Å²) in [6.07, 6.45) is 0. The number of halogens is 2. The molecule has 1 aromatic rings. The molecule has 0 saturated carbocycles. The van der Waals surface area contributed by atoms with Crippen LogP contribution in [0.15, 0.2) is 12.1 Å². The second-order valence-electron chi connectivity index (χ2n) is 2.51. The molecule has 12 heavy (non-hydrogen) atoms. The highest BCUT2D eigenvalue weighted by Gasteiger charge is 2.17. The molecule has 4 heteroatoms. The molecule has 0 bridgehead atoms. The van der Waals surface area contributed by atoms with Gasteiger partial charge in [-0.1, -0.05) is 0 Å². The summed E-state index contributed by atoms with van der Waals surface area (Å²) >= 11 is 0. The molecule has 1 heterocycles. The Morgan fingerprint density at radius 1 is 1.25 bits per heavy atom. The SMILES string of the molecule is Fc1ccc(F)c2c1NCCO2. The standard InChI is InChI=1S/C8H7F2NO/c9-5-1-2-6(10)8-7(5)11-3-4-12-8/h1-2,11H,3-4H2. The van der Waals surface area contributed by atoms with Crippen LogP contribution in [-0.2, 0) is 0 Å². The first kappa shape index (κ1) is 7.34. The molecule has 1 aromatic carbocycles. The van der Waals surface area contributed by atoms with Crippen molar-refractivity contribution < 1.29 is 13.5 Å². The van der Waals surface area contributed by atoms with E-state index in [2.05, 4.69) is 5.32 Å². The molecule has 0 radical (unpaired) electrons. The third-order valence-corrected chi connectivity index (χ3v) is 1.71. The van der Waals surface area contributed by atoms with Gasteiger partial charge in [0.05, 0.1) is 0 Å². The van der Waals surface area contributed by atoms with E-state index in [1.54, 1.807) is 0 Å². The van der Waals surface area contributed by atoms with Gasteiger partial charge in [-0.15, -0.1) is 0 Å². The number of ether oxygens (including phenoxy) is 1. The average Bonchev–Trinajstić information content (AvgIpc) is 2.12. The number of anilines is 1. The van der Waals surface area contributed by atoms with Gasteiger partial charge in [0.1, 0.15) is 18.1 Å². The molecule has 1 aliphatic rings. The second-order valence-corrected chi connectivity index (χ2v) is 2.51. The zero-order valence-electron chi connectivity index (χ0n) is 6.23. The molecule has 2 nitrogen and oxygen atoms in total. The molecule has 0 saturated heterocycles. The van der Waals surface area contributed by atoms with E-state index >= 15 is 0 Å². The maximum Gasteiger partial charge on any atom is 0.181 e. The van der Waals surface area contributed by atoms with Crippen LogP contribution in [0.2, 0.25) is 0 Å². The van der Waals surface area contributed by atoms with Gasteiger partial charge in [0.15, 0.2) is 11.6 Å². The fraction of sp³-hybridized carbons (Fsp3) is 0.250. The van der Waals surface area contributed by atoms with Gasteiger partial charge in [0.2, 0.25) is 0 Å². The van der Waals surface area contributed by atoms with Crippen LogP contribution in [0.25, 0.3) is 0 Å². The van der Waals surface area contributed by atoms with Crippen LogP contribution >= 0.6 is 0 Å². The normalized spacial score (nSPS) is 14.5. The molecule has 2 rings (SSSR count). The monoisotopic (exact) mass is 171 g/mol. The van der Waals surface area contributed by atoms with E-state index in [4.69, 9.17) is 4.74 Å². The number of rotatable bonds is 0. The highest BCUT2D eigenvalue weighted by atomic mass is 19.1. The van der Waals surface area contributed by atoms with Gasteiger partial charge in [0.25, 0.3) is 0 Å². The summed E-state index contributed by atoms with van der Waals surface area (Å²) in [4.78, 5) is 0. The summed E-state index contributed by atoms with van der Waals surface area (Å²) in [5, 5.41) is 2.73. The third kappa shape index (κ3) is 0.995. The van der Waals surface area contributed by atoms with Gasteiger partial charge in [-0.25, -0.2) is 8.78 Å². The molecule has 0 unspecified atom stereocenters. The number of fused-ring (bicyclic) bond motifs is 1. The lowest BCUT2D eigenvalue weighted by Gasteiger charge is -2.19. The Morgan fingerprint density at radius 2 is 2.00 bits per heavy atom. The number of nitrogens with one attached hydrogen (secondary N) is 1. The molecule has 0 amide bonds. The molecule has 0 atom stereocenters. The predicted octanol–water partition coefficient (Wildman–Crippen LogP) is 1.77. The largest absolute Gasteiger partial charge is 0.486 e. The molecule has 64 valence electrons. The summed E-state index contributed by atoms with van der Waals surface area (Å²) in [5.74, 6) is -1.02. The lowest BCUT2D eigenvalue weighted by Crippen LogP contribution is -2.19. The summed E-state index contributed by atoms with van der Waals surface area (Å²) in [5.41, 5.74) is 0.126. The summed E-state index contributed by atoms with van der Waals surface area (Å²) < 4.78 is 30.8. The molecule has 0 aliphatic carbocycles. The number of hydrogen-bond acceptors (Lipinski definition) is 2. The first-order chi connectivity index (χ1) is 5.79. The van der Waals surface area contributed by atoms with E-state index in [1.807, 2.05) is 0 Å². The highest BCUT2D eigenvalue weighted by molar-refractivity contribution is 5.59. The molecule has 1 N–H and O–H groups in total. The summed E-state index contributed by atoms with van der Waals surface area (Å²) in [6.45, 7) is 0.876. The van der Waals surface area contributed by atoms with Crippen LogP contribution in [0, 0.1) is 11.6 Å². The fourth-order valence-electron chi connectivity index (χ4n) is 1.17. The van der Waals surface area contributed by atoms with Crippen molar-refractivity contribution in [3.63, 3.8) is 0 Å². The zero-order chi connectivity index (χ0) is 8.55. The molecule has 0 spiro atoms. The van der Waals surface area contributed by atoms with E-state index < -0.39 is 11.6 Å². The van der Waals surface area contributed by atoms with Crippen LogP contribution < -0.4 is 10.1 Å². The smallest absolute Gasteiger partial charge is 0.181 e. The van der Waals surface area contributed by atoms with Crippen LogP contribution in [0.3, 0.4) is 0 Å². The minimum atomic E-state index is -0.529. The van der Waals surface area contributed by atoms with Crippen molar-refractivity contribution in [3.8, 4) is 5.75 Å². The minimum Gasteiger partial charge on any atom is -0.486 e. The van der Waals surface area contributed by atoms with Crippen molar-refractivity contribution in [1.29, 1.82) is 0 Å². The van der Waals surface area contributed by atoms with Crippen LogP contribution in [0.4, 0.5) is 14.5 Å². The Bertz CT molecular complexity index is 283. The maximum atomic E-state index is 12.9. The van der Waals surface area contributed by atoms with E-state index in [-0.39, 0.29) is 11.4 Å². The van der Waals surface area contributed by atoms with Crippen molar-refractivity contribution >= 4 is 5.69 Å². The lowest BCUT2D eigenvalue weighted by atomic mass is 10.2. The van der Waals surface area contributed by atoms with E-state index in [1.165, 1.54) is 0 Å². The van der Waals surface area contributed by atoms with Gasteiger partial charge in [0, 0.05) is 6.54 Å². The molecule has 0 fully saturated rings. The quantitative estimate of drug-likeness (QED) is 0.642. The maximum absolute atomic E-state index is 12.9. The van der Waals surface area contributed by atoms with Gasteiger partial charge in [-0.05, 0) is 12.1 Å². The predicted molar refractivity (Wildman–Crippen MR) is 40.3 cm³/mol. The fourth-order valence-corrected chi connectivity index (χ4v) is 1.17. The lowest BCUT2D eigenvalue weighted by molar-refractivity contribution is 0.303. The second kappa shape index (κ2) is 2.62. The summed E-state index contributed by atoms with van der Waals surface area (Å²) in [6, 6.07) is 2.14. The molecular weight excluding hydrogens is 164 g/mol. The van der Waals surface area contributed by atoms with Gasteiger partial charge in [-0.3, -0.25) is 0 Å². The average molecular weight is 171 g/mol. The van der Waals surface area contributed by atoms with Crippen molar-refractivity contribution in [1.82, 2.24) is 0 Å². The highest BCUT2D eigenvalue weighted by Crippen LogP contribution is 2.32. The Balaban J connectivity index is 2.57. The first-order valence-corrected chi connectivity index (χ1v) is 3.64. The van der Waals surface area contributed by atoms with E-state index in [0.717, 1.165) is 12.1 Å². The van der Waals surface area contributed by atoms with Crippen LogP contribution in [0.5, 0.6) is 5.75 Å². The molecule has 1 aliphatic heterocycles. The molecule has 0 aromatic heterocycles. The molecular formula is C8H7F2NO. The zero-order valence-corrected chi connectivity index (χ0v) is 6.23.